The Balaban J connectivity index is 2.92. The second-order valence-electron chi connectivity index (χ2n) is 5.62. The maximum absolute atomic E-state index is 11.6. The normalized spacial score (nSPS) is 11.1. The van der Waals surface area contributed by atoms with Gasteiger partial charge in [0.05, 0.1) is 20.5 Å². The number of nitro groups is 1. The van der Waals surface area contributed by atoms with Crippen LogP contribution in [0.1, 0.15) is 22.3 Å². The molecular weight excluding hydrogens is 342 g/mol. The fourth-order valence-corrected chi connectivity index (χ4v) is 3.48. The Hall–Kier alpha value is -2.38. The van der Waals surface area contributed by atoms with E-state index in [1.807, 2.05) is 19.1 Å². The Kier molecular flexibility index (Phi) is 4.96. The predicted molar refractivity (Wildman–Crippen MR) is 103 cm³/mol. The number of benzene rings is 2. The minimum Gasteiger partial charge on any atom is -0.392 e. The van der Waals surface area contributed by atoms with Crippen molar-refractivity contribution >= 4 is 40.1 Å². The van der Waals surface area contributed by atoms with Gasteiger partial charge >= 0.3 is 0 Å². The van der Waals surface area contributed by atoms with E-state index in [0.717, 1.165) is 11.1 Å². The highest BCUT2D eigenvalue weighted by atomic mass is 32.1. The molecule has 5 nitrogen and oxygen atoms in total. The van der Waals surface area contributed by atoms with Gasteiger partial charge in [0.25, 0.3) is 5.69 Å². The molecule has 0 saturated heterocycles. The Labute approximate surface area is 150 Å². The highest BCUT2D eigenvalue weighted by molar-refractivity contribution is 7.82. The molecule has 0 heterocycles. The van der Waals surface area contributed by atoms with Gasteiger partial charge in [-0.3, -0.25) is 10.1 Å². The lowest BCUT2D eigenvalue weighted by Crippen LogP contribution is -2.50. The average Bonchev–Trinajstić information content (AvgIpc) is 2.50. The summed E-state index contributed by atoms with van der Waals surface area (Å²) >= 11 is 10.5. The zero-order chi connectivity index (χ0) is 18.1. The van der Waals surface area contributed by atoms with E-state index in [1.165, 1.54) is 6.07 Å². The second kappa shape index (κ2) is 6.62. The number of nitro benzene ring substituents is 1. The molecule has 0 amide bonds. The maximum Gasteiger partial charge on any atom is 0.274 e. The first kappa shape index (κ1) is 18.0. The van der Waals surface area contributed by atoms with Crippen molar-refractivity contribution in [1.82, 2.24) is 0 Å². The van der Waals surface area contributed by atoms with Gasteiger partial charge in [0.1, 0.15) is 5.41 Å². The van der Waals surface area contributed by atoms with Crippen LogP contribution in [0.4, 0.5) is 5.69 Å². The minimum absolute atomic E-state index is 0.0224. The number of rotatable bonds is 5. The molecule has 0 atom stereocenters. The zero-order valence-corrected chi connectivity index (χ0v) is 14.9. The van der Waals surface area contributed by atoms with Gasteiger partial charge in [-0.15, -0.1) is 0 Å². The van der Waals surface area contributed by atoms with E-state index in [9.17, 15) is 10.1 Å². The van der Waals surface area contributed by atoms with Crippen molar-refractivity contribution in [3.8, 4) is 0 Å². The van der Waals surface area contributed by atoms with Crippen LogP contribution in [0, 0.1) is 24.0 Å². The average molecular weight is 359 g/mol. The first-order valence-electron chi connectivity index (χ1n) is 7.13. The highest BCUT2D eigenvalue weighted by Crippen LogP contribution is 2.39. The fraction of sp³-hybridized carbons (Fsp3) is 0.176. The van der Waals surface area contributed by atoms with Crippen LogP contribution in [0.15, 0.2) is 42.5 Å². The summed E-state index contributed by atoms with van der Waals surface area (Å²) in [6.45, 7) is 3.70. The van der Waals surface area contributed by atoms with E-state index < -0.39 is 10.3 Å². The van der Waals surface area contributed by atoms with Gasteiger partial charge in [-0.2, -0.15) is 0 Å². The number of hydrogen-bond donors (Lipinski definition) is 2. The highest BCUT2D eigenvalue weighted by Gasteiger charge is 2.45. The van der Waals surface area contributed by atoms with E-state index in [1.54, 1.807) is 31.2 Å². The summed E-state index contributed by atoms with van der Waals surface area (Å²) in [5.41, 5.74) is 13.2. The Morgan fingerprint density at radius 1 is 1.00 bits per heavy atom. The largest absolute Gasteiger partial charge is 0.392 e. The van der Waals surface area contributed by atoms with Crippen LogP contribution in [-0.4, -0.2) is 14.9 Å². The lowest BCUT2D eigenvalue weighted by molar-refractivity contribution is -0.385. The molecule has 7 heteroatoms. The molecule has 0 aromatic heterocycles. The summed E-state index contributed by atoms with van der Waals surface area (Å²) in [7, 11) is 0. The third-order valence-electron chi connectivity index (χ3n) is 3.98. The van der Waals surface area contributed by atoms with Crippen LogP contribution in [0.3, 0.4) is 0 Å². The second-order valence-corrected chi connectivity index (χ2v) is 6.50. The van der Waals surface area contributed by atoms with E-state index in [2.05, 4.69) is 0 Å². The first-order valence-corrected chi connectivity index (χ1v) is 7.95. The lowest BCUT2D eigenvalue weighted by Gasteiger charge is -2.32. The van der Waals surface area contributed by atoms with Gasteiger partial charge in [0.15, 0.2) is 0 Å². The number of hydrogen-bond acceptors (Lipinski definition) is 4. The molecule has 0 aliphatic rings. The van der Waals surface area contributed by atoms with Crippen LogP contribution >= 0.6 is 24.4 Å². The molecule has 124 valence electrons. The maximum atomic E-state index is 11.6. The third-order valence-corrected chi connectivity index (χ3v) is 4.59. The van der Waals surface area contributed by atoms with Crippen LogP contribution < -0.4 is 11.5 Å². The van der Waals surface area contributed by atoms with Crippen molar-refractivity contribution in [2.24, 2.45) is 11.5 Å². The molecule has 24 heavy (non-hydrogen) atoms. The summed E-state index contributed by atoms with van der Waals surface area (Å²) in [5, 5.41) is 11.6. The van der Waals surface area contributed by atoms with E-state index in [0.29, 0.717) is 5.56 Å². The number of nitrogens with zero attached hydrogens (tertiary/aromatic N) is 1. The van der Waals surface area contributed by atoms with Crippen molar-refractivity contribution < 1.29 is 4.92 Å². The third kappa shape index (κ3) is 2.88. The summed E-state index contributed by atoms with van der Waals surface area (Å²) in [4.78, 5) is 11.1. The van der Waals surface area contributed by atoms with Gasteiger partial charge in [0.2, 0.25) is 0 Å². The summed E-state index contributed by atoms with van der Waals surface area (Å²) in [6.07, 6.45) is 0. The van der Waals surface area contributed by atoms with Gasteiger partial charge < -0.3 is 11.5 Å². The van der Waals surface area contributed by atoms with Crippen molar-refractivity contribution in [2.45, 2.75) is 19.3 Å². The predicted octanol–water partition coefficient (Wildman–Crippen LogP) is 3.07. The number of thiocarbonyl (C=S) groups is 2. The minimum atomic E-state index is -1.38. The quantitative estimate of drug-likeness (QED) is 0.484. The molecule has 0 bridgehead atoms. The Bertz CT molecular complexity index is 818. The summed E-state index contributed by atoms with van der Waals surface area (Å²) < 4.78 is 0. The molecule has 0 spiro atoms. The molecule has 0 aliphatic carbocycles. The molecular formula is C17H17N3O2S2. The van der Waals surface area contributed by atoms with Crippen molar-refractivity contribution in [3.63, 3.8) is 0 Å². The molecule has 4 N–H and O–H groups in total. The Morgan fingerprint density at radius 3 is 1.96 bits per heavy atom. The molecule has 0 aliphatic heterocycles. The molecule has 0 unspecified atom stereocenters. The first-order chi connectivity index (χ1) is 11.2. The molecule has 2 aromatic carbocycles. The van der Waals surface area contributed by atoms with Crippen molar-refractivity contribution in [2.75, 3.05) is 0 Å². The van der Waals surface area contributed by atoms with Crippen LogP contribution in [0.2, 0.25) is 0 Å². The fourth-order valence-electron chi connectivity index (χ4n) is 2.74. The van der Waals surface area contributed by atoms with Gasteiger partial charge in [-0.1, -0.05) is 66.4 Å². The zero-order valence-electron chi connectivity index (χ0n) is 13.3. The molecule has 2 rings (SSSR count). The smallest absolute Gasteiger partial charge is 0.274 e. The molecule has 0 fully saturated rings. The molecule has 0 saturated carbocycles. The number of nitrogens with two attached hydrogens (primary N) is 2. The monoisotopic (exact) mass is 359 g/mol. The summed E-state index contributed by atoms with van der Waals surface area (Å²) in [5.74, 6) is 0. The molecule has 2 aromatic rings. The Morgan fingerprint density at radius 2 is 1.50 bits per heavy atom. The summed E-state index contributed by atoms with van der Waals surface area (Å²) in [6, 6.07) is 12.1. The molecule has 0 radical (unpaired) electrons. The topological polar surface area (TPSA) is 95.2 Å². The lowest BCUT2D eigenvalue weighted by atomic mass is 9.73. The van der Waals surface area contributed by atoms with Crippen LogP contribution in [0.5, 0.6) is 0 Å². The van der Waals surface area contributed by atoms with E-state index in [4.69, 9.17) is 35.9 Å². The van der Waals surface area contributed by atoms with Crippen molar-refractivity contribution in [3.05, 3.63) is 74.8 Å². The van der Waals surface area contributed by atoms with E-state index in [-0.39, 0.29) is 21.2 Å². The van der Waals surface area contributed by atoms with E-state index >= 15 is 0 Å². The number of aryl methyl sites for hydroxylation is 2. The van der Waals surface area contributed by atoms with Gasteiger partial charge in [0, 0.05) is 6.07 Å². The van der Waals surface area contributed by atoms with Crippen LogP contribution in [0.25, 0.3) is 0 Å². The van der Waals surface area contributed by atoms with Gasteiger partial charge in [-0.25, -0.2) is 0 Å². The standard InChI is InChI=1S/C17H17N3O2S2/c1-10-3-6-12(7-4-10)17(15(18)23,16(19)24)13-8-5-11(2)9-14(13)20(21)22/h3-9H,1-2H3,(H2,18,23)(H2,19,24). The van der Waals surface area contributed by atoms with Crippen molar-refractivity contribution in [1.29, 1.82) is 0 Å². The van der Waals surface area contributed by atoms with Crippen LogP contribution in [-0.2, 0) is 5.41 Å². The SMILES string of the molecule is Cc1ccc(C(C(N)=S)(C(N)=S)c2ccc(C)cc2[N+](=O)[O-])cc1. The van der Waals surface area contributed by atoms with Gasteiger partial charge in [-0.05, 0) is 25.0 Å².